The van der Waals surface area contributed by atoms with E-state index in [1.807, 2.05) is 10.8 Å². The van der Waals surface area contributed by atoms with Gasteiger partial charge in [-0.15, -0.1) is 0 Å². The molecule has 1 rings (SSSR count). The van der Waals surface area contributed by atoms with Gasteiger partial charge in [-0.05, 0) is 30.4 Å². The van der Waals surface area contributed by atoms with Crippen LogP contribution in [0.15, 0.2) is 31.1 Å². The van der Waals surface area contributed by atoms with Gasteiger partial charge in [0.15, 0.2) is 5.82 Å². The van der Waals surface area contributed by atoms with E-state index in [2.05, 4.69) is 43.3 Å². The van der Waals surface area contributed by atoms with Gasteiger partial charge in [-0.3, -0.25) is 0 Å². The van der Waals surface area contributed by atoms with E-state index in [-0.39, 0.29) is 0 Å². The van der Waals surface area contributed by atoms with E-state index in [1.165, 1.54) is 63.4 Å². The molecule has 0 radical (unpaired) electrons. The largest absolute Gasteiger partial charge is 0.221 e. The summed E-state index contributed by atoms with van der Waals surface area (Å²) in [7, 11) is 0. The van der Waals surface area contributed by atoms with Crippen LogP contribution in [0.3, 0.4) is 0 Å². The van der Waals surface area contributed by atoms with E-state index in [9.17, 15) is 0 Å². The third-order valence-corrected chi connectivity index (χ3v) is 4.32. The van der Waals surface area contributed by atoms with Gasteiger partial charge in [0.1, 0.15) is 6.33 Å². The normalized spacial score (nSPS) is 13.0. The van der Waals surface area contributed by atoms with Crippen molar-refractivity contribution in [3.05, 3.63) is 37.0 Å². The van der Waals surface area contributed by atoms with Crippen LogP contribution in [0.5, 0.6) is 0 Å². The zero-order valence-electron chi connectivity index (χ0n) is 15.0. The molecule has 1 atom stereocenters. The van der Waals surface area contributed by atoms with Crippen LogP contribution in [0.25, 0.3) is 12.3 Å². The molecule has 0 aromatic carbocycles. The molecule has 3 nitrogen and oxygen atoms in total. The first-order chi connectivity index (χ1) is 11.3. The third-order valence-electron chi connectivity index (χ3n) is 4.32. The number of hydrogen-bond acceptors (Lipinski definition) is 2. The van der Waals surface area contributed by atoms with Crippen molar-refractivity contribution in [1.29, 1.82) is 0 Å². The van der Waals surface area contributed by atoms with Crippen molar-refractivity contribution in [1.82, 2.24) is 14.8 Å². The SMILES string of the molecule is C=C/C(=C\n1ncnc1C=C)C(CCCCC)CCCCCC. The Morgan fingerprint density at radius 1 is 1.09 bits per heavy atom. The van der Waals surface area contributed by atoms with Gasteiger partial charge in [0, 0.05) is 6.20 Å². The van der Waals surface area contributed by atoms with Gasteiger partial charge in [0.05, 0.1) is 0 Å². The van der Waals surface area contributed by atoms with Crippen LogP contribution in [0, 0.1) is 5.92 Å². The lowest BCUT2D eigenvalue weighted by atomic mass is 9.88. The number of nitrogens with zero attached hydrogens (tertiary/aromatic N) is 3. The second kappa shape index (κ2) is 11.9. The van der Waals surface area contributed by atoms with Gasteiger partial charge in [-0.2, -0.15) is 5.10 Å². The molecule has 1 aromatic rings. The average Bonchev–Trinajstić information content (AvgIpc) is 3.02. The van der Waals surface area contributed by atoms with Crippen LogP contribution >= 0.6 is 0 Å². The van der Waals surface area contributed by atoms with Crippen LogP contribution < -0.4 is 0 Å². The molecule has 0 aliphatic heterocycles. The smallest absolute Gasteiger partial charge is 0.154 e. The first-order valence-electron chi connectivity index (χ1n) is 9.12. The second-order valence-corrected chi connectivity index (χ2v) is 6.14. The van der Waals surface area contributed by atoms with Gasteiger partial charge in [0.2, 0.25) is 0 Å². The number of aromatic nitrogens is 3. The number of rotatable bonds is 13. The lowest BCUT2D eigenvalue weighted by molar-refractivity contribution is 0.465. The van der Waals surface area contributed by atoms with Crippen molar-refractivity contribution >= 4 is 12.3 Å². The standard InChI is InChI=1S/C20H33N3/c1-5-9-11-13-15-19(14-12-10-6-2)18(7-3)16-23-20(8-4)21-17-22-23/h7-8,16-17,19H,3-6,9-15H2,1-2H3/b18-16+. The van der Waals surface area contributed by atoms with E-state index in [0.29, 0.717) is 5.92 Å². The Hall–Kier alpha value is -1.64. The molecule has 0 saturated carbocycles. The monoisotopic (exact) mass is 315 g/mol. The van der Waals surface area contributed by atoms with Gasteiger partial charge in [0.25, 0.3) is 0 Å². The van der Waals surface area contributed by atoms with Crippen LogP contribution in [-0.4, -0.2) is 14.8 Å². The second-order valence-electron chi connectivity index (χ2n) is 6.14. The summed E-state index contributed by atoms with van der Waals surface area (Å²) in [6.45, 7) is 12.3. The summed E-state index contributed by atoms with van der Waals surface area (Å²) in [5, 5.41) is 4.27. The van der Waals surface area contributed by atoms with Crippen molar-refractivity contribution in [3.63, 3.8) is 0 Å². The van der Waals surface area contributed by atoms with Crippen LogP contribution in [0.2, 0.25) is 0 Å². The minimum Gasteiger partial charge on any atom is -0.221 e. The van der Waals surface area contributed by atoms with E-state index >= 15 is 0 Å². The molecule has 0 aliphatic rings. The molecule has 1 heterocycles. The third kappa shape index (κ3) is 6.98. The first-order valence-corrected chi connectivity index (χ1v) is 9.12. The number of allylic oxidation sites excluding steroid dienone is 2. The summed E-state index contributed by atoms with van der Waals surface area (Å²) in [5.41, 5.74) is 1.27. The van der Waals surface area contributed by atoms with Crippen molar-refractivity contribution < 1.29 is 0 Å². The zero-order chi connectivity index (χ0) is 16.9. The van der Waals surface area contributed by atoms with Crippen LogP contribution in [0.1, 0.15) is 77.5 Å². The fourth-order valence-electron chi connectivity index (χ4n) is 2.91. The summed E-state index contributed by atoms with van der Waals surface area (Å²) in [5.74, 6) is 1.35. The fourth-order valence-corrected chi connectivity index (χ4v) is 2.91. The fraction of sp³-hybridized carbons (Fsp3) is 0.600. The molecule has 0 spiro atoms. The Morgan fingerprint density at radius 3 is 2.35 bits per heavy atom. The summed E-state index contributed by atoms with van der Waals surface area (Å²) in [4.78, 5) is 4.20. The highest BCUT2D eigenvalue weighted by Crippen LogP contribution is 2.26. The van der Waals surface area contributed by atoms with Crippen molar-refractivity contribution in [2.45, 2.75) is 71.6 Å². The Morgan fingerprint density at radius 2 is 1.74 bits per heavy atom. The highest BCUT2D eigenvalue weighted by atomic mass is 15.3. The molecular formula is C20H33N3. The van der Waals surface area contributed by atoms with E-state index in [4.69, 9.17) is 0 Å². The maximum atomic E-state index is 4.27. The highest BCUT2D eigenvalue weighted by molar-refractivity contribution is 5.45. The van der Waals surface area contributed by atoms with Crippen molar-refractivity contribution in [2.24, 2.45) is 5.92 Å². The summed E-state index contributed by atoms with van der Waals surface area (Å²) in [6, 6.07) is 0. The Bertz CT molecular complexity index is 485. The maximum absolute atomic E-state index is 4.27. The quantitative estimate of drug-likeness (QED) is 0.324. The molecule has 1 unspecified atom stereocenters. The van der Waals surface area contributed by atoms with Gasteiger partial charge in [-0.1, -0.05) is 78.0 Å². The van der Waals surface area contributed by atoms with Crippen LogP contribution in [0.4, 0.5) is 0 Å². The molecule has 1 aromatic heterocycles. The average molecular weight is 316 g/mol. The van der Waals surface area contributed by atoms with Gasteiger partial charge in [-0.25, -0.2) is 9.67 Å². The molecule has 0 saturated heterocycles. The Balaban J connectivity index is 2.81. The van der Waals surface area contributed by atoms with Crippen molar-refractivity contribution in [3.8, 4) is 0 Å². The first kappa shape index (κ1) is 19.4. The molecule has 23 heavy (non-hydrogen) atoms. The molecular weight excluding hydrogens is 282 g/mol. The summed E-state index contributed by atoms with van der Waals surface area (Å²) in [6.07, 6.45) is 18.9. The highest BCUT2D eigenvalue weighted by Gasteiger charge is 2.13. The maximum Gasteiger partial charge on any atom is 0.154 e. The zero-order valence-corrected chi connectivity index (χ0v) is 15.0. The summed E-state index contributed by atoms with van der Waals surface area (Å²) >= 11 is 0. The lowest BCUT2D eigenvalue weighted by Crippen LogP contribution is -2.06. The van der Waals surface area contributed by atoms with E-state index in [0.717, 1.165) is 5.82 Å². The molecule has 0 fully saturated rings. The Labute approximate surface area is 142 Å². The molecule has 0 aliphatic carbocycles. The molecule has 3 heteroatoms. The minimum atomic E-state index is 0.567. The molecule has 128 valence electrons. The predicted octanol–water partition coefficient (Wildman–Crippen LogP) is 6.11. The topological polar surface area (TPSA) is 30.7 Å². The van der Waals surface area contributed by atoms with E-state index < -0.39 is 0 Å². The molecule has 0 N–H and O–H groups in total. The Kier molecular flexibility index (Phi) is 10.0. The number of unbranched alkanes of at least 4 members (excludes halogenated alkanes) is 5. The van der Waals surface area contributed by atoms with Gasteiger partial charge >= 0.3 is 0 Å². The number of hydrogen-bond donors (Lipinski definition) is 0. The predicted molar refractivity (Wildman–Crippen MR) is 101 cm³/mol. The van der Waals surface area contributed by atoms with Gasteiger partial charge < -0.3 is 0 Å². The molecule has 0 bridgehead atoms. The minimum absolute atomic E-state index is 0.567. The van der Waals surface area contributed by atoms with Crippen molar-refractivity contribution in [2.75, 3.05) is 0 Å². The molecule has 0 amide bonds. The lowest BCUT2D eigenvalue weighted by Gasteiger charge is -2.18. The summed E-state index contributed by atoms with van der Waals surface area (Å²) < 4.78 is 1.81. The van der Waals surface area contributed by atoms with E-state index in [1.54, 1.807) is 12.4 Å². The van der Waals surface area contributed by atoms with Crippen LogP contribution in [-0.2, 0) is 0 Å².